The summed E-state index contributed by atoms with van der Waals surface area (Å²) in [7, 11) is 3.21. The Morgan fingerprint density at radius 2 is 1.74 bits per heavy atom. The van der Waals surface area contributed by atoms with Gasteiger partial charge in [0.1, 0.15) is 17.2 Å². The van der Waals surface area contributed by atoms with Crippen molar-refractivity contribution < 1.29 is 18.6 Å². The summed E-state index contributed by atoms with van der Waals surface area (Å²) in [5.41, 5.74) is 0.745. The molecule has 0 N–H and O–H groups in total. The third kappa shape index (κ3) is 3.42. The summed E-state index contributed by atoms with van der Waals surface area (Å²) in [5.74, 6) is 2.85. The molecule has 0 saturated heterocycles. The van der Waals surface area contributed by atoms with Crippen molar-refractivity contribution in [1.29, 1.82) is 0 Å². The maximum atomic E-state index is 5.63. The molecule has 0 bridgehead atoms. The number of rotatable bonds is 6. The van der Waals surface area contributed by atoms with Crippen molar-refractivity contribution in [3.8, 4) is 28.7 Å². The molecular formula is C17H16N2O4. The average Bonchev–Trinajstić information content (AvgIpc) is 3.09. The first-order valence-electron chi connectivity index (χ1n) is 7.03. The molecule has 1 aromatic heterocycles. The van der Waals surface area contributed by atoms with Crippen molar-refractivity contribution in [3.63, 3.8) is 0 Å². The molecule has 0 saturated carbocycles. The Balaban J connectivity index is 1.72. The molecule has 3 rings (SSSR count). The van der Waals surface area contributed by atoms with Crippen molar-refractivity contribution in [3.05, 3.63) is 54.4 Å². The molecule has 0 aliphatic rings. The van der Waals surface area contributed by atoms with Gasteiger partial charge in [0.15, 0.2) is 6.61 Å². The first kappa shape index (κ1) is 14.9. The number of benzene rings is 2. The number of ether oxygens (including phenoxy) is 3. The van der Waals surface area contributed by atoms with E-state index in [9.17, 15) is 0 Å². The van der Waals surface area contributed by atoms with Gasteiger partial charge in [-0.3, -0.25) is 0 Å². The molecule has 23 heavy (non-hydrogen) atoms. The van der Waals surface area contributed by atoms with Crippen molar-refractivity contribution in [1.82, 2.24) is 10.2 Å². The van der Waals surface area contributed by atoms with Gasteiger partial charge in [-0.1, -0.05) is 18.2 Å². The topological polar surface area (TPSA) is 66.6 Å². The highest BCUT2D eigenvalue weighted by atomic mass is 16.5. The molecule has 0 unspecified atom stereocenters. The summed E-state index contributed by atoms with van der Waals surface area (Å²) >= 11 is 0. The van der Waals surface area contributed by atoms with Crippen LogP contribution in [0.3, 0.4) is 0 Å². The Hall–Kier alpha value is -3.02. The molecule has 6 nitrogen and oxygen atoms in total. The SMILES string of the molecule is COc1cccc(OCc2nnc(-c3ccccc3OC)o2)c1. The molecule has 2 aromatic carbocycles. The molecule has 0 spiro atoms. The smallest absolute Gasteiger partial charge is 0.254 e. The molecule has 0 aliphatic heterocycles. The highest BCUT2D eigenvalue weighted by Crippen LogP contribution is 2.28. The van der Waals surface area contributed by atoms with Crippen LogP contribution in [0.25, 0.3) is 11.5 Å². The molecule has 6 heteroatoms. The van der Waals surface area contributed by atoms with Gasteiger partial charge in [-0.05, 0) is 24.3 Å². The largest absolute Gasteiger partial charge is 0.497 e. The zero-order chi connectivity index (χ0) is 16.1. The van der Waals surface area contributed by atoms with Gasteiger partial charge >= 0.3 is 0 Å². The fourth-order valence-electron chi connectivity index (χ4n) is 2.08. The van der Waals surface area contributed by atoms with E-state index < -0.39 is 0 Å². The fourth-order valence-corrected chi connectivity index (χ4v) is 2.08. The van der Waals surface area contributed by atoms with Crippen molar-refractivity contribution >= 4 is 0 Å². The van der Waals surface area contributed by atoms with Crippen molar-refractivity contribution in [2.24, 2.45) is 0 Å². The molecule has 0 aliphatic carbocycles. The van der Waals surface area contributed by atoms with Gasteiger partial charge < -0.3 is 18.6 Å². The quantitative estimate of drug-likeness (QED) is 0.695. The van der Waals surface area contributed by atoms with E-state index in [4.69, 9.17) is 18.6 Å². The van der Waals surface area contributed by atoms with E-state index in [2.05, 4.69) is 10.2 Å². The Bertz CT molecular complexity index is 786. The van der Waals surface area contributed by atoms with Gasteiger partial charge in [-0.2, -0.15) is 0 Å². The lowest BCUT2D eigenvalue weighted by molar-refractivity contribution is 0.263. The normalized spacial score (nSPS) is 10.3. The number of hydrogen-bond donors (Lipinski definition) is 0. The van der Waals surface area contributed by atoms with Gasteiger partial charge in [0.05, 0.1) is 19.8 Å². The monoisotopic (exact) mass is 312 g/mol. The summed E-state index contributed by atoms with van der Waals surface area (Å²) in [6.07, 6.45) is 0. The summed E-state index contributed by atoms with van der Waals surface area (Å²) in [6.45, 7) is 0.176. The fraction of sp³-hybridized carbons (Fsp3) is 0.176. The third-order valence-electron chi connectivity index (χ3n) is 3.21. The van der Waals surface area contributed by atoms with E-state index in [1.165, 1.54) is 0 Å². The summed E-state index contributed by atoms with van der Waals surface area (Å²) < 4.78 is 21.7. The Morgan fingerprint density at radius 3 is 2.57 bits per heavy atom. The molecule has 0 fully saturated rings. The highest BCUT2D eigenvalue weighted by molar-refractivity contribution is 5.62. The lowest BCUT2D eigenvalue weighted by atomic mass is 10.2. The predicted molar refractivity (Wildman–Crippen MR) is 83.6 cm³/mol. The minimum atomic E-state index is 0.176. The molecule has 0 amide bonds. The molecule has 118 valence electrons. The van der Waals surface area contributed by atoms with Crippen LogP contribution >= 0.6 is 0 Å². The number of aromatic nitrogens is 2. The number of hydrogen-bond acceptors (Lipinski definition) is 6. The first-order chi connectivity index (χ1) is 11.3. The Morgan fingerprint density at radius 1 is 0.913 bits per heavy atom. The zero-order valence-corrected chi connectivity index (χ0v) is 12.9. The number of nitrogens with zero attached hydrogens (tertiary/aromatic N) is 2. The van der Waals surface area contributed by atoms with Gasteiger partial charge in [0, 0.05) is 6.07 Å². The van der Waals surface area contributed by atoms with Crippen molar-refractivity contribution in [2.45, 2.75) is 6.61 Å². The van der Waals surface area contributed by atoms with Crippen LogP contribution in [0.1, 0.15) is 5.89 Å². The molecular weight excluding hydrogens is 296 g/mol. The maximum Gasteiger partial charge on any atom is 0.254 e. The average molecular weight is 312 g/mol. The minimum Gasteiger partial charge on any atom is -0.497 e. The Kier molecular flexibility index (Phi) is 4.42. The highest BCUT2D eigenvalue weighted by Gasteiger charge is 2.13. The van der Waals surface area contributed by atoms with E-state index >= 15 is 0 Å². The van der Waals surface area contributed by atoms with Gasteiger partial charge in [0.25, 0.3) is 11.8 Å². The molecule has 0 atom stereocenters. The second-order valence-corrected chi connectivity index (χ2v) is 4.67. The van der Waals surface area contributed by atoms with Crippen LogP contribution in [0.2, 0.25) is 0 Å². The Labute approximate surface area is 133 Å². The van der Waals surface area contributed by atoms with Gasteiger partial charge in [-0.25, -0.2) is 0 Å². The van der Waals surface area contributed by atoms with E-state index in [0.29, 0.717) is 23.3 Å². The predicted octanol–water partition coefficient (Wildman–Crippen LogP) is 3.33. The van der Waals surface area contributed by atoms with Crippen LogP contribution in [0.4, 0.5) is 0 Å². The summed E-state index contributed by atoms with van der Waals surface area (Å²) in [5, 5.41) is 8.04. The molecule has 3 aromatic rings. The van der Waals surface area contributed by atoms with Crippen LogP contribution in [-0.2, 0) is 6.61 Å². The van der Waals surface area contributed by atoms with E-state index in [0.717, 1.165) is 11.3 Å². The number of methoxy groups -OCH3 is 2. The van der Waals surface area contributed by atoms with E-state index in [1.54, 1.807) is 20.3 Å². The standard InChI is InChI=1S/C17H16N2O4/c1-20-12-6-5-7-13(10-12)22-11-16-18-19-17(23-16)14-8-3-4-9-15(14)21-2/h3-10H,11H2,1-2H3. The lowest BCUT2D eigenvalue weighted by Gasteiger charge is -2.05. The van der Waals surface area contributed by atoms with Gasteiger partial charge in [0.2, 0.25) is 0 Å². The van der Waals surface area contributed by atoms with Crippen LogP contribution in [0, 0.1) is 0 Å². The zero-order valence-electron chi connectivity index (χ0n) is 12.9. The molecule has 1 heterocycles. The lowest BCUT2D eigenvalue weighted by Crippen LogP contribution is -1.96. The van der Waals surface area contributed by atoms with E-state index in [-0.39, 0.29) is 6.61 Å². The molecule has 0 radical (unpaired) electrons. The van der Waals surface area contributed by atoms with Gasteiger partial charge in [-0.15, -0.1) is 10.2 Å². The number of para-hydroxylation sites is 1. The van der Waals surface area contributed by atoms with E-state index in [1.807, 2.05) is 42.5 Å². The summed E-state index contributed by atoms with van der Waals surface area (Å²) in [4.78, 5) is 0. The maximum absolute atomic E-state index is 5.63. The van der Waals surface area contributed by atoms with Crippen LogP contribution in [-0.4, -0.2) is 24.4 Å². The van der Waals surface area contributed by atoms with Crippen LogP contribution < -0.4 is 14.2 Å². The second-order valence-electron chi connectivity index (χ2n) is 4.67. The minimum absolute atomic E-state index is 0.176. The summed E-state index contributed by atoms with van der Waals surface area (Å²) in [6, 6.07) is 14.8. The second kappa shape index (κ2) is 6.83. The third-order valence-corrected chi connectivity index (χ3v) is 3.21. The van der Waals surface area contributed by atoms with Crippen LogP contribution in [0.15, 0.2) is 52.9 Å². The first-order valence-corrected chi connectivity index (χ1v) is 7.03. The van der Waals surface area contributed by atoms with Crippen LogP contribution in [0.5, 0.6) is 17.2 Å². The van der Waals surface area contributed by atoms with Crippen molar-refractivity contribution in [2.75, 3.05) is 14.2 Å².